The zero-order valence-electron chi connectivity index (χ0n) is 16.8. The third-order valence-corrected chi connectivity index (χ3v) is 4.50. The second-order valence-corrected chi connectivity index (χ2v) is 6.79. The maximum Gasteiger partial charge on any atom is 0.249 e. The molecule has 0 aromatic heterocycles. The number of carbonyl (C=O) groups excluding carboxylic acids is 1. The Morgan fingerprint density at radius 2 is 1.77 bits per heavy atom. The summed E-state index contributed by atoms with van der Waals surface area (Å²) >= 11 is 5.91. The van der Waals surface area contributed by atoms with Crippen LogP contribution in [0.15, 0.2) is 42.5 Å². The molecule has 2 aromatic carbocycles. The topological polar surface area (TPSA) is 56.8 Å². The first-order chi connectivity index (χ1) is 14.6. The summed E-state index contributed by atoms with van der Waals surface area (Å²) < 4.78 is 16.3. The Bertz CT molecular complexity index is 912. The van der Waals surface area contributed by atoms with E-state index in [-0.39, 0.29) is 19.1 Å². The summed E-state index contributed by atoms with van der Waals surface area (Å²) in [5.74, 6) is 5.77. The number of benzene rings is 2. The SMILES string of the molecule is C#CCOc1ccc(CCNC(=O)C(Cc2ccc(Cl)cc2)OCC#C)cc1OC. The highest BCUT2D eigenvalue weighted by molar-refractivity contribution is 6.30. The van der Waals surface area contributed by atoms with E-state index in [9.17, 15) is 4.79 Å². The first-order valence-electron chi connectivity index (χ1n) is 9.37. The number of halogens is 1. The summed E-state index contributed by atoms with van der Waals surface area (Å²) in [6, 6.07) is 12.8. The van der Waals surface area contributed by atoms with Gasteiger partial charge in [-0.1, -0.05) is 41.6 Å². The van der Waals surface area contributed by atoms with Gasteiger partial charge >= 0.3 is 0 Å². The van der Waals surface area contributed by atoms with E-state index in [0.29, 0.717) is 35.9 Å². The van der Waals surface area contributed by atoms with Crippen molar-refractivity contribution in [2.24, 2.45) is 0 Å². The standard InChI is InChI=1S/C24H24ClNO4/c1-4-14-29-21-11-8-19(16-22(21)28-3)12-13-26-24(27)23(30-15-5-2)17-18-6-9-20(25)10-7-18/h1-2,6-11,16,23H,12-15,17H2,3H3,(H,26,27). The fourth-order valence-corrected chi connectivity index (χ4v) is 2.89. The molecule has 0 fully saturated rings. The lowest BCUT2D eigenvalue weighted by Gasteiger charge is -2.17. The normalized spacial score (nSPS) is 11.1. The number of amides is 1. The van der Waals surface area contributed by atoms with Crippen LogP contribution < -0.4 is 14.8 Å². The van der Waals surface area contributed by atoms with Gasteiger partial charge in [0.1, 0.15) is 19.3 Å². The monoisotopic (exact) mass is 425 g/mol. The Labute approximate surface area is 182 Å². The lowest BCUT2D eigenvalue weighted by atomic mass is 10.1. The van der Waals surface area contributed by atoms with Crippen LogP contribution in [0.2, 0.25) is 5.02 Å². The molecule has 2 rings (SSSR count). The molecule has 0 aliphatic carbocycles. The minimum absolute atomic E-state index is 0.0575. The molecule has 156 valence electrons. The van der Waals surface area contributed by atoms with E-state index in [2.05, 4.69) is 17.2 Å². The minimum atomic E-state index is -0.684. The van der Waals surface area contributed by atoms with E-state index in [1.165, 1.54) is 0 Å². The molecule has 0 saturated carbocycles. The molecule has 1 amide bonds. The molecule has 1 atom stereocenters. The van der Waals surface area contributed by atoms with Crippen LogP contribution in [-0.4, -0.2) is 38.9 Å². The van der Waals surface area contributed by atoms with E-state index in [4.69, 9.17) is 38.7 Å². The van der Waals surface area contributed by atoms with Gasteiger partial charge in [0.2, 0.25) is 5.91 Å². The van der Waals surface area contributed by atoms with Crippen LogP contribution in [0.25, 0.3) is 0 Å². The number of rotatable bonds is 11. The van der Waals surface area contributed by atoms with Gasteiger partial charge in [-0.15, -0.1) is 12.8 Å². The largest absolute Gasteiger partial charge is 0.493 e. The number of nitrogens with one attached hydrogen (secondary N) is 1. The van der Waals surface area contributed by atoms with Crippen molar-refractivity contribution in [1.29, 1.82) is 0 Å². The maximum atomic E-state index is 12.6. The number of carbonyl (C=O) groups is 1. The zero-order valence-corrected chi connectivity index (χ0v) is 17.6. The van der Waals surface area contributed by atoms with Crippen molar-refractivity contribution in [3.63, 3.8) is 0 Å². The lowest BCUT2D eigenvalue weighted by molar-refractivity contribution is -0.131. The number of methoxy groups -OCH3 is 1. The van der Waals surface area contributed by atoms with Gasteiger partial charge in [0.05, 0.1) is 7.11 Å². The first-order valence-corrected chi connectivity index (χ1v) is 9.75. The van der Waals surface area contributed by atoms with Gasteiger partial charge in [0.25, 0.3) is 0 Å². The van der Waals surface area contributed by atoms with Crippen LogP contribution in [0.5, 0.6) is 11.5 Å². The molecular formula is C24H24ClNO4. The van der Waals surface area contributed by atoms with Crippen LogP contribution in [0, 0.1) is 24.7 Å². The summed E-state index contributed by atoms with van der Waals surface area (Å²) in [4.78, 5) is 12.6. The van der Waals surface area contributed by atoms with Crippen molar-refractivity contribution in [1.82, 2.24) is 5.32 Å². The number of terminal acetylenes is 2. The van der Waals surface area contributed by atoms with Gasteiger partial charge in [-0.25, -0.2) is 0 Å². The fourth-order valence-electron chi connectivity index (χ4n) is 2.76. The fraction of sp³-hybridized carbons (Fsp3) is 0.292. The second-order valence-electron chi connectivity index (χ2n) is 6.35. The van der Waals surface area contributed by atoms with Gasteiger partial charge in [-0.2, -0.15) is 0 Å². The number of hydrogen-bond donors (Lipinski definition) is 1. The molecule has 0 heterocycles. The average molecular weight is 426 g/mol. The van der Waals surface area contributed by atoms with Crippen LogP contribution in [0.4, 0.5) is 0 Å². The Morgan fingerprint density at radius 3 is 2.43 bits per heavy atom. The first kappa shape index (κ1) is 23.2. The Hall–Kier alpha value is -3.12. The smallest absolute Gasteiger partial charge is 0.249 e. The summed E-state index contributed by atoms with van der Waals surface area (Å²) in [6.07, 6.45) is 10.8. The Kier molecular flexibility index (Phi) is 9.61. The van der Waals surface area contributed by atoms with E-state index < -0.39 is 6.10 Å². The zero-order chi connectivity index (χ0) is 21.8. The molecule has 0 aliphatic rings. The molecule has 5 nitrogen and oxygen atoms in total. The van der Waals surface area contributed by atoms with Gasteiger partial charge in [-0.05, 0) is 41.8 Å². The van der Waals surface area contributed by atoms with E-state index in [1.54, 1.807) is 25.3 Å². The van der Waals surface area contributed by atoms with Gasteiger partial charge in [-0.3, -0.25) is 4.79 Å². The summed E-state index contributed by atoms with van der Waals surface area (Å²) in [5, 5.41) is 3.54. The van der Waals surface area contributed by atoms with Crippen molar-refractivity contribution in [3.8, 4) is 36.2 Å². The minimum Gasteiger partial charge on any atom is -0.493 e. The molecule has 2 aromatic rings. The molecular weight excluding hydrogens is 402 g/mol. The summed E-state index contributed by atoms with van der Waals surface area (Å²) in [5.41, 5.74) is 1.92. The summed E-state index contributed by atoms with van der Waals surface area (Å²) in [6.45, 7) is 0.656. The third-order valence-electron chi connectivity index (χ3n) is 4.25. The quantitative estimate of drug-likeness (QED) is 0.561. The number of hydrogen-bond acceptors (Lipinski definition) is 4. The highest BCUT2D eigenvalue weighted by atomic mass is 35.5. The molecule has 0 spiro atoms. The van der Waals surface area contributed by atoms with Crippen LogP contribution >= 0.6 is 11.6 Å². The predicted molar refractivity (Wildman–Crippen MR) is 118 cm³/mol. The molecule has 0 aliphatic heterocycles. The van der Waals surface area contributed by atoms with E-state index in [1.807, 2.05) is 24.3 Å². The van der Waals surface area contributed by atoms with Gasteiger partial charge in [0, 0.05) is 18.0 Å². The molecule has 0 bridgehead atoms. The Morgan fingerprint density at radius 1 is 1.07 bits per heavy atom. The Balaban J connectivity index is 1.93. The van der Waals surface area contributed by atoms with Crippen LogP contribution in [0.3, 0.4) is 0 Å². The number of ether oxygens (including phenoxy) is 3. The van der Waals surface area contributed by atoms with Crippen molar-refractivity contribution in [2.75, 3.05) is 26.9 Å². The average Bonchev–Trinajstić information content (AvgIpc) is 2.76. The van der Waals surface area contributed by atoms with Crippen molar-refractivity contribution in [2.45, 2.75) is 18.9 Å². The van der Waals surface area contributed by atoms with Crippen molar-refractivity contribution < 1.29 is 19.0 Å². The molecule has 1 unspecified atom stereocenters. The van der Waals surface area contributed by atoms with Crippen molar-refractivity contribution >= 4 is 17.5 Å². The second kappa shape index (κ2) is 12.4. The van der Waals surface area contributed by atoms with Crippen molar-refractivity contribution in [3.05, 3.63) is 58.6 Å². The highest BCUT2D eigenvalue weighted by Crippen LogP contribution is 2.28. The molecule has 6 heteroatoms. The molecule has 0 saturated heterocycles. The third kappa shape index (κ3) is 7.37. The van der Waals surface area contributed by atoms with E-state index in [0.717, 1.165) is 11.1 Å². The lowest BCUT2D eigenvalue weighted by Crippen LogP contribution is -2.39. The highest BCUT2D eigenvalue weighted by Gasteiger charge is 2.19. The van der Waals surface area contributed by atoms with E-state index >= 15 is 0 Å². The molecule has 0 radical (unpaired) electrons. The summed E-state index contributed by atoms with van der Waals surface area (Å²) in [7, 11) is 1.56. The molecule has 1 N–H and O–H groups in total. The van der Waals surface area contributed by atoms with Crippen LogP contribution in [0.1, 0.15) is 11.1 Å². The van der Waals surface area contributed by atoms with Gasteiger partial charge < -0.3 is 19.5 Å². The van der Waals surface area contributed by atoms with Gasteiger partial charge in [0.15, 0.2) is 11.5 Å². The molecule has 30 heavy (non-hydrogen) atoms. The van der Waals surface area contributed by atoms with Crippen LogP contribution in [-0.2, 0) is 22.4 Å². The predicted octanol–water partition coefficient (Wildman–Crippen LogP) is 3.28. The maximum absolute atomic E-state index is 12.6.